The Labute approximate surface area is 59.9 Å². The first-order valence-corrected chi connectivity index (χ1v) is 3.49. The summed E-state index contributed by atoms with van der Waals surface area (Å²) in [5, 5.41) is 0. The predicted octanol–water partition coefficient (Wildman–Crippen LogP) is 0.677. The summed E-state index contributed by atoms with van der Waals surface area (Å²) in [4.78, 5) is 17.8. The van der Waals surface area contributed by atoms with Gasteiger partial charge in [-0.15, -0.1) is 0 Å². The third-order valence-corrected chi connectivity index (χ3v) is 1.08. The number of hydrogen-bond donors (Lipinski definition) is 0. The topological polar surface area (TPSA) is 36.9 Å². The molecule has 2 aliphatic rings. The van der Waals surface area contributed by atoms with Gasteiger partial charge in [-0.2, -0.15) is 0 Å². The van der Waals surface area contributed by atoms with E-state index in [-0.39, 0.29) is 0 Å². The van der Waals surface area contributed by atoms with Crippen molar-refractivity contribution in [1.29, 1.82) is 0 Å². The molecule has 60 valence electrons. The Kier molecular flexibility index (Phi) is 4.46. The highest BCUT2D eigenvalue weighted by atomic mass is 17.2. The van der Waals surface area contributed by atoms with Gasteiger partial charge in [0.1, 0.15) is 0 Å². The molecule has 0 aliphatic carbocycles. The monoisotopic (exact) mass is 148 g/mol. The molecule has 0 aromatic carbocycles. The summed E-state index contributed by atoms with van der Waals surface area (Å²) in [6.45, 7) is 3.11. The Balaban J connectivity index is 0.0000001000. The Hall–Kier alpha value is -0.160. The van der Waals surface area contributed by atoms with Crippen LogP contribution in [0.5, 0.6) is 0 Å². The van der Waals surface area contributed by atoms with Crippen LogP contribution >= 0.6 is 0 Å². The molecule has 0 aromatic rings. The molecule has 2 fully saturated rings. The smallest absolute Gasteiger partial charge is 0.0845 e. The minimum Gasteiger partial charge on any atom is -0.237 e. The lowest BCUT2D eigenvalue weighted by atomic mass is 10.5. The Morgan fingerprint density at radius 2 is 0.800 bits per heavy atom. The van der Waals surface area contributed by atoms with Crippen molar-refractivity contribution >= 4 is 0 Å². The molecular weight excluding hydrogens is 136 g/mol. The van der Waals surface area contributed by atoms with Gasteiger partial charge in [0.15, 0.2) is 0 Å². The second-order valence-corrected chi connectivity index (χ2v) is 2.00. The van der Waals surface area contributed by atoms with Crippen LogP contribution in [0.1, 0.15) is 12.8 Å². The SMILES string of the molecule is C1COOC1.C1COOC1. The average molecular weight is 148 g/mol. The molecular formula is C6H12O4. The fourth-order valence-electron chi connectivity index (χ4n) is 0.589. The molecule has 2 saturated heterocycles. The molecule has 0 amide bonds. The Bertz CT molecular complexity index is 42.9. The van der Waals surface area contributed by atoms with E-state index >= 15 is 0 Å². The standard InChI is InChI=1S/2C3H6O2/c2*1-2-4-5-3-1/h2*1-3H2. The second-order valence-electron chi connectivity index (χ2n) is 2.00. The van der Waals surface area contributed by atoms with Crippen molar-refractivity contribution in [2.75, 3.05) is 26.4 Å². The summed E-state index contributed by atoms with van der Waals surface area (Å²) >= 11 is 0. The highest BCUT2D eigenvalue weighted by Crippen LogP contribution is 1.93. The predicted molar refractivity (Wildman–Crippen MR) is 33.0 cm³/mol. The van der Waals surface area contributed by atoms with E-state index in [4.69, 9.17) is 0 Å². The lowest BCUT2D eigenvalue weighted by Crippen LogP contribution is -1.72. The molecule has 0 unspecified atom stereocenters. The molecule has 0 bridgehead atoms. The van der Waals surface area contributed by atoms with E-state index in [0.29, 0.717) is 0 Å². The van der Waals surface area contributed by atoms with Gasteiger partial charge in [-0.05, 0) is 0 Å². The van der Waals surface area contributed by atoms with Gasteiger partial charge >= 0.3 is 0 Å². The van der Waals surface area contributed by atoms with Crippen LogP contribution in [0.4, 0.5) is 0 Å². The van der Waals surface area contributed by atoms with Crippen LogP contribution in [-0.4, -0.2) is 26.4 Å². The van der Waals surface area contributed by atoms with Gasteiger partial charge in [-0.25, -0.2) is 19.6 Å². The third-order valence-electron chi connectivity index (χ3n) is 1.08. The normalized spacial score (nSPS) is 24.0. The molecule has 4 nitrogen and oxygen atoms in total. The number of hydrogen-bond acceptors (Lipinski definition) is 4. The van der Waals surface area contributed by atoms with Crippen LogP contribution in [0.3, 0.4) is 0 Å². The minimum absolute atomic E-state index is 0.778. The van der Waals surface area contributed by atoms with Gasteiger partial charge in [0.05, 0.1) is 26.4 Å². The van der Waals surface area contributed by atoms with Crippen molar-refractivity contribution in [3.05, 3.63) is 0 Å². The Morgan fingerprint density at radius 3 is 0.900 bits per heavy atom. The second kappa shape index (κ2) is 5.61. The van der Waals surface area contributed by atoms with Gasteiger partial charge in [0.25, 0.3) is 0 Å². The van der Waals surface area contributed by atoms with E-state index in [1.165, 1.54) is 0 Å². The van der Waals surface area contributed by atoms with E-state index in [2.05, 4.69) is 19.6 Å². The fraction of sp³-hybridized carbons (Fsp3) is 1.00. The van der Waals surface area contributed by atoms with E-state index in [1.807, 2.05) is 0 Å². The average Bonchev–Trinajstić information content (AvgIpc) is 2.67. The molecule has 4 heteroatoms. The summed E-state index contributed by atoms with van der Waals surface area (Å²) in [7, 11) is 0. The maximum atomic E-state index is 4.44. The largest absolute Gasteiger partial charge is 0.237 e. The first-order chi connectivity index (χ1) is 5.00. The van der Waals surface area contributed by atoms with Crippen molar-refractivity contribution < 1.29 is 19.6 Å². The molecule has 2 aliphatic heterocycles. The summed E-state index contributed by atoms with van der Waals surface area (Å²) in [6, 6.07) is 0. The van der Waals surface area contributed by atoms with Crippen LogP contribution in [0.15, 0.2) is 0 Å². The van der Waals surface area contributed by atoms with Crippen molar-refractivity contribution in [3.63, 3.8) is 0 Å². The highest BCUT2D eigenvalue weighted by Gasteiger charge is 1.96. The molecule has 2 rings (SSSR count). The molecule has 0 atom stereocenters. The van der Waals surface area contributed by atoms with Crippen molar-refractivity contribution in [1.82, 2.24) is 0 Å². The van der Waals surface area contributed by atoms with Gasteiger partial charge in [0, 0.05) is 12.8 Å². The zero-order valence-corrected chi connectivity index (χ0v) is 5.88. The van der Waals surface area contributed by atoms with Gasteiger partial charge in [-0.3, -0.25) is 0 Å². The molecule has 0 saturated carbocycles. The molecule has 2 heterocycles. The maximum absolute atomic E-state index is 4.44. The first-order valence-electron chi connectivity index (χ1n) is 3.49. The summed E-state index contributed by atoms with van der Waals surface area (Å²) in [6.07, 6.45) is 2.11. The van der Waals surface area contributed by atoms with Crippen LogP contribution in [0, 0.1) is 0 Å². The molecule has 0 radical (unpaired) electrons. The van der Waals surface area contributed by atoms with E-state index < -0.39 is 0 Å². The van der Waals surface area contributed by atoms with Crippen LogP contribution in [0.2, 0.25) is 0 Å². The molecule has 0 aromatic heterocycles. The number of rotatable bonds is 0. The van der Waals surface area contributed by atoms with E-state index in [1.54, 1.807) is 0 Å². The molecule has 0 spiro atoms. The van der Waals surface area contributed by atoms with Crippen LogP contribution < -0.4 is 0 Å². The highest BCUT2D eigenvalue weighted by molar-refractivity contribution is 4.32. The van der Waals surface area contributed by atoms with Crippen LogP contribution in [-0.2, 0) is 19.6 Å². The van der Waals surface area contributed by atoms with Crippen molar-refractivity contribution in [3.8, 4) is 0 Å². The summed E-state index contributed by atoms with van der Waals surface area (Å²) in [5.74, 6) is 0. The zero-order valence-electron chi connectivity index (χ0n) is 5.88. The molecule has 10 heavy (non-hydrogen) atoms. The third kappa shape index (κ3) is 3.79. The Morgan fingerprint density at radius 1 is 0.500 bits per heavy atom. The minimum atomic E-state index is 0.778. The van der Waals surface area contributed by atoms with Crippen molar-refractivity contribution in [2.45, 2.75) is 12.8 Å². The quantitative estimate of drug-likeness (QED) is 0.473. The van der Waals surface area contributed by atoms with Gasteiger partial charge in [-0.1, -0.05) is 0 Å². The van der Waals surface area contributed by atoms with Gasteiger partial charge < -0.3 is 0 Å². The summed E-state index contributed by atoms with van der Waals surface area (Å²) in [5.41, 5.74) is 0. The van der Waals surface area contributed by atoms with Gasteiger partial charge in [0.2, 0.25) is 0 Å². The lowest BCUT2D eigenvalue weighted by Gasteiger charge is -1.77. The zero-order chi connectivity index (χ0) is 7.07. The first kappa shape index (κ1) is 7.94. The molecule has 0 N–H and O–H groups in total. The van der Waals surface area contributed by atoms with Crippen molar-refractivity contribution in [2.24, 2.45) is 0 Å². The fourth-order valence-corrected chi connectivity index (χ4v) is 0.589. The van der Waals surface area contributed by atoms with Crippen LogP contribution in [0.25, 0.3) is 0 Å². The summed E-state index contributed by atoms with van der Waals surface area (Å²) < 4.78 is 0. The maximum Gasteiger partial charge on any atom is 0.0845 e. The van der Waals surface area contributed by atoms with E-state index in [9.17, 15) is 0 Å². The van der Waals surface area contributed by atoms with E-state index in [0.717, 1.165) is 39.3 Å². The lowest BCUT2D eigenvalue weighted by molar-refractivity contribution is -0.248.